The number of hydrogen-bond donors (Lipinski definition) is 1. The van der Waals surface area contributed by atoms with Gasteiger partial charge in [-0.25, -0.2) is 9.37 Å². The molecule has 0 radical (unpaired) electrons. The van der Waals surface area contributed by atoms with E-state index in [-0.39, 0.29) is 24.2 Å². The van der Waals surface area contributed by atoms with Crippen LogP contribution in [0.1, 0.15) is 30.8 Å². The Labute approximate surface area is 166 Å². The van der Waals surface area contributed by atoms with Crippen molar-refractivity contribution in [2.45, 2.75) is 25.8 Å². The predicted octanol–water partition coefficient (Wildman–Crippen LogP) is 5.60. The largest absolute Gasteiger partial charge is 0.441 e. The molecule has 0 aliphatic carbocycles. The number of hydrogen-bond acceptors (Lipinski definition) is 3. The average molecular weight is 407 g/mol. The number of carbonyl (C=O) groups is 1. The van der Waals surface area contributed by atoms with Gasteiger partial charge in [-0.2, -0.15) is 0 Å². The molecule has 7 heteroatoms. The summed E-state index contributed by atoms with van der Waals surface area (Å²) in [6, 6.07) is 11.0. The molecule has 140 valence electrons. The Morgan fingerprint density at radius 1 is 1.19 bits per heavy atom. The molecule has 0 saturated heterocycles. The fraction of sp³-hybridized carbons (Fsp3) is 0.200. The smallest absolute Gasteiger partial charge is 0.220 e. The highest BCUT2D eigenvalue weighted by Crippen LogP contribution is 2.25. The topological polar surface area (TPSA) is 55.1 Å². The lowest BCUT2D eigenvalue weighted by molar-refractivity contribution is -0.121. The molecular weight excluding hydrogens is 390 g/mol. The van der Waals surface area contributed by atoms with Gasteiger partial charge in [-0.1, -0.05) is 29.3 Å². The van der Waals surface area contributed by atoms with Crippen LogP contribution >= 0.6 is 23.2 Å². The van der Waals surface area contributed by atoms with E-state index in [4.69, 9.17) is 27.6 Å². The Morgan fingerprint density at radius 2 is 1.93 bits per heavy atom. The van der Waals surface area contributed by atoms with Crippen molar-refractivity contribution >= 4 is 29.1 Å². The van der Waals surface area contributed by atoms with E-state index in [1.807, 2.05) is 13.0 Å². The maximum atomic E-state index is 13.0. The van der Waals surface area contributed by atoms with Gasteiger partial charge >= 0.3 is 0 Å². The van der Waals surface area contributed by atoms with Gasteiger partial charge in [0.2, 0.25) is 5.91 Å². The highest BCUT2D eigenvalue weighted by Gasteiger charge is 2.13. The lowest BCUT2D eigenvalue weighted by atomic mass is 10.1. The van der Waals surface area contributed by atoms with E-state index in [1.54, 1.807) is 30.5 Å². The summed E-state index contributed by atoms with van der Waals surface area (Å²) in [6.07, 6.45) is 2.16. The molecule has 1 unspecified atom stereocenters. The first-order valence-corrected chi connectivity index (χ1v) is 9.13. The molecular formula is C20H17Cl2FN2O2. The second-order valence-electron chi connectivity index (χ2n) is 6.09. The van der Waals surface area contributed by atoms with E-state index in [2.05, 4.69) is 10.3 Å². The number of benzene rings is 2. The number of oxazole rings is 1. The highest BCUT2D eigenvalue weighted by molar-refractivity contribution is 6.42. The Hall–Kier alpha value is -2.37. The van der Waals surface area contributed by atoms with Crippen LogP contribution in [0.4, 0.5) is 4.39 Å². The minimum Gasteiger partial charge on any atom is -0.441 e. The van der Waals surface area contributed by atoms with Gasteiger partial charge in [0.05, 0.1) is 22.3 Å². The van der Waals surface area contributed by atoms with Crippen LogP contribution in [-0.2, 0) is 11.2 Å². The molecule has 0 bridgehead atoms. The third-order valence-corrected chi connectivity index (χ3v) is 4.81. The van der Waals surface area contributed by atoms with Crippen LogP contribution < -0.4 is 5.32 Å². The normalized spacial score (nSPS) is 12.0. The van der Waals surface area contributed by atoms with Crippen LogP contribution in [0, 0.1) is 5.82 Å². The molecule has 2 aromatic carbocycles. The van der Waals surface area contributed by atoms with E-state index in [9.17, 15) is 9.18 Å². The Morgan fingerprint density at radius 3 is 2.63 bits per heavy atom. The molecule has 1 heterocycles. The minimum absolute atomic E-state index is 0.130. The van der Waals surface area contributed by atoms with Crippen LogP contribution in [0.5, 0.6) is 0 Å². The summed E-state index contributed by atoms with van der Waals surface area (Å²) >= 11 is 11.9. The second-order valence-corrected chi connectivity index (χ2v) is 6.90. The standard InChI is InChI=1S/C20H17Cl2FN2O2/c1-12(14-4-7-16(21)17(22)10-14)25-19(26)8-9-20-24-11-18(27-20)13-2-5-15(23)6-3-13/h2-7,10-12H,8-9H2,1H3,(H,25,26). The van der Waals surface area contributed by atoms with Crippen LogP contribution in [0.2, 0.25) is 10.0 Å². The highest BCUT2D eigenvalue weighted by atomic mass is 35.5. The van der Waals surface area contributed by atoms with Crippen molar-refractivity contribution in [2.24, 2.45) is 0 Å². The molecule has 3 aromatic rings. The van der Waals surface area contributed by atoms with Crippen molar-refractivity contribution in [3.05, 3.63) is 76.0 Å². The molecule has 1 atom stereocenters. The van der Waals surface area contributed by atoms with Gasteiger partial charge in [0.1, 0.15) is 5.82 Å². The zero-order valence-electron chi connectivity index (χ0n) is 14.5. The summed E-state index contributed by atoms with van der Waals surface area (Å²) in [7, 11) is 0. The first kappa shape index (κ1) is 19.4. The molecule has 0 aliphatic heterocycles. The van der Waals surface area contributed by atoms with Gasteiger partial charge in [-0.15, -0.1) is 0 Å². The number of halogens is 3. The Balaban J connectivity index is 1.54. The SMILES string of the molecule is CC(NC(=O)CCc1ncc(-c2ccc(F)cc2)o1)c1ccc(Cl)c(Cl)c1. The van der Waals surface area contributed by atoms with Crippen LogP contribution in [-0.4, -0.2) is 10.9 Å². The maximum absolute atomic E-state index is 13.0. The van der Waals surface area contributed by atoms with E-state index in [0.29, 0.717) is 28.1 Å². The third-order valence-electron chi connectivity index (χ3n) is 4.07. The first-order chi connectivity index (χ1) is 12.9. The van der Waals surface area contributed by atoms with E-state index < -0.39 is 0 Å². The summed E-state index contributed by atoms with van der Waals surface area (Å²) < 4.78 is 18.6. The molecule has 4 nitrogen and oxygen atoms in total. The average Bonchev–Trinajstić information content (AvgIpc) is 3.12. The van der Waals surface area contributed by atoms with E-state index >= 15 is 0 Å². The van der Waals surface area contributed by atoms with Crippen molar-refractivity contribution in [3.8, 4) is 11.3 Å². The number of nitrogens with zero attached hydrogens (tertiary/aromatic N) is 1. The van der Waals surface area contributed by atoms with Crippen molar-refractivity contribution in [2.75, 3.05) is 0 Å². The molecule has 1 N–H and O–H groups in total. The van der Waals surface area contributed by atoms with E-state index in [0.717, 1.165) is 11.1 Å². The quantitative estimate of drug-likeness (QED) is 0.579. The molecule has 1 amide bonds. The number of nitrogens with one attached hydrogen (secondary N) is 1. The minimum atomic E-state index is -0.314. The summed E-state index contributed by atoms with van der Waals surface area (Å²) in [5.74, 6) is 0.544. The Bertz CT molecular complexity index is 941. The first-order valence-electron chi connectivity index (χ1n) is 8.37. The summed E-state index contributed by atoms with van der Waals surface area (Å²) in [4.78, 5) is 16.4. The molecule has 0 fully saturated rings. The van der Waals surface area contributed by atoms with Crippen molar-refractivity contribution in [1.29, 1.82) is 0 Å². The number of amides is 1. The number of aryl methyl sites for hydroxylation is 1. The second kappa shape index (κ2) is 8.55. The van der Waals surface area contributed by atoms with Crippen LogP contribution in [0.15, 0.2) is 53.1 Å². The molecule has 0 aliphatic rings. The molecule has 27 heavy (non-hydrogen) atoms. The zero-order valence-corrected chi connectivity index (χ0v) is 16.0. The van der Waals surface area contributed by atoms with Crippen molar-refractivity contribution in [1.82, 2.24) is 10.3 Å². The van der Waals surface area contributed by atoms with Gasteiger partial charge in [0.25, 0.3) is 0 Å². The number of aromatic nitrogens is 1. The maximum Gasteiger partial charge on any atom is 0.220 e. The van der Waals surface area contributed by atoms with Gasteiger partial charge in [-0.05, 0) is 48.9 Å². The molecule has 0 saturated carbocycles. The number of carbonyl (C=O) groups excluding carboxylic acids is 1. The lowest BCUT2D eigenvalue weighted by Crippen LogP contribution is -2.26. The molecule has 1 aromatic heterocycles. The monoisotopic (exact) mass is 406 g/mol. The van der Waals surface area contributed by atoms with Crippen LogP contribution in [0.3, 0.4) is 0 Å². The lowest BCUT2D eigenvalue weighted by Gasteiger charge is -2.14. The van der Waals surface area contributed by atoms with E-state index in [1.165, 1.54) is 12.1 Å². The Kier molecular flexibility index (Phi) is 6.14. The van der Waals surface area contributed by atoms with Gasteiger partial charge in [-0.3, -0.25) is 4.79 Å². The molecule has 3 rings (SSSR count). The predicted molar refractivity (Wildman–Crippen MR) is 103 cm³/mol. The third kappa shape index (κ3) is 5.08. The van der Waals surface area contributed by atoms with Crippen molar-refractivity contribution in [3.63, 3.8) is 0 Å². The zero-order chi connectivity index (χ0) is 19.4. The summed E-state index contributed by atoms with van der Waals surface area (Å²) in [5, 5.41) is 3.83. The van der Waals surface area contributed by atoms with Gasteiger partial charge in [0, 0.05) is 18.4 Å². The van der Waals surface area contributed by atoms with Crippen LogP contribution in [0.25, 0.3) is 11.3 Å². The van der Waals surface area contributed by atoms with Crippen molar-refractivity contribution < 1.29 is 13.6 Å². The molecule has 0 spiro atoms. The van der Waals surface area contributed by atoms with Gasteiger partial charge < -0.3 is 9.73 Å². The summed E-state index contributed by atoms with van der Waals surface area (Å²) in [6.45, 7) is 1.87. The number of rotatable bonds is 6. The fourth-order valence-corrected chi connectivity index (χ4v) is 2.88. The van der Waals surface area contributed by atoms with Gasteiger partial charge in [0.15, 0.2) is 11.7 Å². The fourth-order valence-electron chi connectivity index (χ4n) is 2.57. The summed E-state index contributed by atoms with van der Waals surface area (Å²) in [5.41, 5.74) is 1.60.